The van der Waals surface area contributed by atoms with Crippen molar-refractivity contribution in [3.63, 3.8) is 0 Å². The average Bonchev–Trinajstić information content (AvgIpc) is 3.14. The Morgan fingerprint density at radius 3 is 2.10 bits per heavy atom. The van der Waals surface area contributed by atoms with Crippen LogP contribution in [0.2, 0.25) is 0 Å². The van der Waals surface area contributed by atoms with Gasteiger partial charge in [-0.15, -0.1) is 0 Å². The monoisotopic (exact) mass is 807 g/mol. The average molecular weight is 808 g/mol. The van der Waals surface area contributed by atoms with Gasteiger partial charge in [0.25, 0.3) is 0 Å². The van der Waals surface area contributed by atoms with Crippen LogP contribution in [0.5, 0.6) is 0 Å². The predicted octanol–water partition coefficient (Wildman–Crippen LogP) is 3.26. The summed E-state index contributed by atoms with van der Waals surface area (Å²) >= 11 is 0. The van der Waals surface area contributed by atoms with Gasteiger partial charge in [-0.05, 0) is 63.5 Å². The minimum absolute atomic E-state index is 0.0637. The van der Waals surface area contributed by atoms with Gasteiger partial charge >= 0.3 is 24.0 Å². The molecule has 2 aromatic carbocycles. The fraction of sp³-hybridized carbons (Fsp3) is 0.558. The van der Waals surface area contributed by atoms with Gasteiger partial charge in [0.1, 0.15) is 35.6 Å². The second kappa shape index (κ2) is 15.2. The molecule has 0 spiro atoms. The van der Waals surface area contributed by atoms with Crippen LogP contribution in [0.25, 0.3) is 0 Å². The summed E-state index contributed by atoms with van der Waals surface area (Å²) in [6.07, 6.45) is -11.5. The lowest BCUT2D eigenvalue weighted by Crippen LogP contribution is -2.81. The molecule has 0 radical (unpaired) electrons. The third-order valence-corrected chi connectivity index (χ3v) is 12.6. The highest BCUT2D eigenvalue weighted by Gasteiger charge is 2.78. The molecular weight excluding hydrogens is 754 g/mol. The number of aliphatic hydroxyl groups is 4. The van der Waals surface area contributed by atoms with Crippen molar-refractivity contribution in [2.24, 2.45) is 16.7 Å². The molecule has 6 rings (SSSR count). The number of benzene rings is 2. The first kappa shape index (κ1) is 42.9. The van der Waals surface area contributed by atoms with Crippen molar-refractivity contribution in [1.82, 2.24) is 5.32 Å². The standard InChI is InChI=1S/C43H53NO14/c1-22-26(55-37(51)32(48)30(24-15-11-9-12-16-24)44-38(52)58-39(3,4)5)20-43(53)35(56-36(50)25-17-13-10-14-18-25)33-41(8,34(49)31(47)29(22)40(43,6)7)27(46)19-28-42(33,21-54-28)57-23(2)45/h9-18,26-28,30-33,35,46-48,53H,19-21H2,1-8H3,(H,44,52)/t26-,27-,28+,30?,31+,32-,33?,35-,41+,42-,43+/m0/s1. The van der Waals surface area contributed by atoms with E-state index in [0.717, 1.165) is 6.92 Å². The lowest BCUT2D eigenvalue weighted by atomic mass is 9.44. The van der Waals surface area contributed by atoms with Gasteiger partial charge in [0, 0.05) is 25.2 Å². The van der Waals surface area contributed by atoms with Crippen molar-refractivity contribution in [2.75, 3.05) is 6.61 Å². The van der Waals surface area contributed by atoms with Crippen LogP contribution in [0.4, 0.5) is 4.79 Å². The summed E-state index contributed by atoms with van der Waals surface area (Å²) in [6.45, 7) is 11.8. The molecule has 5 N–H and O–H groups in total. The Balaban J connectivity index is 1.49. The van der Waals surface area contributed by atoms with Gasteiger partial charge < -0.3 is 49.4 Å². The third-order valence-electron chi connectivity index (χ3n) is 12.6. The molecule has 1 aliphatic heterocycles. The van der Waals surface area contributed by atoms with Crippen molar-refractivity contribution in [3.05, 3.63) is 82.9 Å². The zero-order chi connectivity index (χ0) is 42.7. The number of Topliss-reactive ketones (excluding diaryl/α,β-unsaturated/α-hetero) is 1. The van der Waals surface area contributed by atoms with E-state index in [9.17, 15) is 44.4 Å². The lowest BCUT2D eigenvalue weighted by molar-refractivity contribution is -0.346. The summed E-state index contributed by atoms with van der Waals surface area (Å²) in [7, 11) is 0. The first-order chi connectivity index (χ1) is 27.0. The number of ether oxygens (including phenoxy) is 5. The number of carbonyl (C=O) groups is 5. The van der Waals surface area contributed by atoms with Crippen LogP contribution in [0.1, 0.15) is 90.2 Å². The van der Waals surface area contributed by atoms with Gasteiger partial charge in [0.2, 0.25) is 0 Å². The van der Waals surface area contributed by atoms with Crippen LogP contribution in [0, 0.1) is 16.7 Å². The maximum atomic E-state index is 14.9. The van der Waals surface area contributed by atoms with E-state index in [1.165, 1.54) is 26.0 Å². The van der Waals surface area contributed by atoms with Crippen LogP contribution in [0.3, 0.4) is 0 Å². The van der Waals surface area contributed by atoms with Crippen molar-refractivity contribution in [3.8, 4) is 0 Å². The zero-order valence-corrected chi connectivity index (χ0v) is 33.9. The van der Waals surface area contributed by atoms with E-state index in [-0.39, 0.29) is 29.7 Å². The summed E-state index contributed by atoms with van der Waals surface area (Å²) in [5.41, 5.74) is -8.14. The molecule has 11 atom stereocenters. The van der Waals surface area contributed by atoms with Gasteiger partial charge in [-0.3, -0.25) is 9.59 Å². The first-order valence-electron chi connectivity index (χ1n) is 19.3. The predicted molar refractivity (Wildman–Crippen MR) is 204 cm³/mol. The Morgan fingerprint density at radius 2 is 1.55 bits per heavy atom. The normalized spacial score (nSPS) is 33.7. The number of aliphatic hydroxyl groups excluding tert-OH is 3. The molecule has 15 nitrogen and oxygen atoms in total. The largest absolute Gasteiger partial charge is 0.456 e. The minimum atomic E-state index is -2.35. The summed E-state index contributed by atoms with van der Waals surface area (Å²) in [5, 5.41) is 51.6. The number of fused-ring (bicyclic) bond motifs is 5. The van der Waals surface area contributed by atoms with Crippen molar-refractivity contribution < 1.29 is 68.1 Å². The molecular formula is C43H53NO14. The molecule has 58 heavy (non-hydrogen) atoms. The molecule has 2 aromatic rings. The quantitative estimate of drug-likeness (QED) is 0.147. The van der Waals surface area contributed by atoms with E-state index in [1.807, 2.05) is 0 Å². The van der Waals surface area contributed by atoms with Crippen molar-refractivity contribution in [1.29, 1.82) is 0 Å². The summed E-state index contributed by atoms with van der Waals surface area (Å²) < 4.78 is 29.5. The third kappa shape index (κ3) is 7.10. The molecule has 1 heterocycles. The number of esters is 3. The molecule has 2 saturated carbocycles. The number of amides is 1. The highest BCUT2D eigenvalue weighted by Crippen LogP contribution is 2.64. The van der Waals surface area contributed by atoms with Crippen molar-refractivity contribution in [2.45, 2.75) is 128 Å². The summed E-state index contributed by atoms with van der Waals surface area (Å²) in [5.74, 6) is -5.36. The summed E-state index contributed by atoms with van der Waals surface area (Å²) in [6, 6.07) is 14.6. The molecule has 1 saturated heterocycles. The SMILES string of the molecule is CC(=O)O[C@@]12CO[C@@H]1C[C@H](O)[C@@]1(C)C(=O)[C@H](O)C3=C(C)[C@@H](OC(=O)[C@@H](O)C(NC(=O)OC(C)(C)C)c4ccccc4)C[C@@](O)([C@@H](OC(=O)c4ccccc4)C12)C3(C)C. The lowest BCUT2D eigenvalue weighted by Gasteiger charge is -2.67. The topological polar surface area (TPSA) is 224 Å². The Labute approximate surface area is 336 Å². The molecule has 2 bridgehead atoms. The smallest absolute Gasteiger partial charge is 0.408 e. The summed E-state index contributed by atoms with van der Waals surface area (Å²) in [4.78, 5) is 68.9. The fourth-order valence-corrected chi connectivity index (χ4v) is 9.56. The molecule has 314 valence electrons. The Hall–Kier alpha value is -4.67. The second-order valence-corrected chi connectivity index (χ2v) is 17.6. The fourth-order valence-electron chi connectivity index (χ4n) is 9.56. The molecule has 3 aliphatic carbocycles. The Bertz CT molecular complexity index is 1980. The number of nitrogens with one attached hydrogen (secondary N) is 1. The molecule has 3 fully saturated rings. The number of ketones is 1. The van der Waals surface area contributed by atoms with E-state index >= 15 is 0 Å². The van der Waals surface area contributed by atoms with E-state index in [1.54, 1.807) is 83.1 Å². The Morgan fingerprint density at radius 1 is 0.948 bits per heavy atom. The zero-order valence-electron chi connectivity index (χ0n) is 33.9. The maximum absolute atomic E-state index is 14.9. The van der Waals surface area contributed by atoms with Crippen LogP contribution in [-0.4, -0.2) is 110 Å². The molecule has 1 amide bonds. The number of rotatable bonds is 8. The Kier molecular flexibility index (Phi) is 11.2. The highest BCUT2D eigenvalue weighted by molar-refractivity contribution is 5.94. The number of carbonyl (C=O) groups excluding carboxylic acids is 5. The van der Waals surface area contributed by atoms with E-state index in [4.69, 9.17) is 23.7 Å². The van der Waals surface area contributed by atoms with E-state index in [2.05, 4.69) is 5.32 Å². The van der Waals surface area contributed by atoms with Crippen LogP contribution >= 0.6 is 0 Å². The maximum Gasteiger partial charge on any atom is 0.408 e. The van der Waals surface area contributed by atoms with Crippen LogP contribution < -0.4 is 5.32 Å². The molecule has 15 heteroatoms. The highest BCUT2D eigenvalue weighted by atomic mass is 16.6. The van der Waals surface area contributed by atoms with Gasteiger partial charge in [0.05, 0.1) is 35.6 Å². The van der Waals surface area contributed by atoms with Crippen LogP contribution in [0.15, 0.2) is 71.8 Å². The van der Waals surface area contributed by atoms with Crippen LogP contribution in [-0.2, 0) is 38.1 Å². The molecule has 4 aliphatic rings. The van der Waals surface area contributed by atoms with Crippen molar-refractivity contribution >= 4 is 29.8 Å². The van der Waals surface area contributed by atoms with Gasteiger partial charge in [0.15, 0.2) is 17.5 Å². The minimum Gasteiger partial charge on any atom is -0.456 e. The molecule has 2 unspecified atom stereocenters. The first-order valence-corrected chi connectivity index (χ1v) is 19.3. The van der Waals surface area contributed by atoms with E-state index < -0.39 is 112 Å². The van der Waals surface area contributed by atoms with E-state index in [0.29, 0.717) is 5.56 Å². The second-order valence-electron chi connectivity index (χ2n) is 17.6. The van der Waals surface area contributed by atoms with Gasteiger partial charge in [-0.1, -0.05) is 62.4 Å². The molecule has 0 aromatic heterocycles. The van der Waals surface area contributed by atoms with Gasteiger partial charge in [-0.2, -0.15) is 0 Å². The number of alkyl carbamates (subject to hydrolysis) is 1. The van der Waals surface area contributed by atoms with Gasteiger partial charge in [-0.25, -0.2) is 14.4 Å². The number of hydrogen-bond acceptors (Lipinski definition) is 14. The number of hydrogen-bond donors (Lipinski definition) is 5.